The fourth-order valence-corrected chi connectivity index (χ4v) is 4.39. The molecule has 27 heavy (non-hydrogen) atoms. The molecule has 146 valence electrons. The van der Waals surface area contributed by atoms with E-state index in [1.807, 2.05) is 12.1 Å². The minimum Gasteiger partial charge on any atom is -0.481 e. The van der Waals surface area contributed by atoms with Crippen LogP contribution in [0.3, 0.4) is 0 Å². The molecule has 0 heterocycles. The van der Waals surface area contributed by atoms with Crippen molar-refractivity contribution in [2.75, 3.05) is 0 Å². The van der Waals surface area contributed by atoms with Gasteiger partial charge in [0.15, 0.2) is 0 Å². The molecule has 1 aromatic carbocycles. The maximum atomic E-state index is 12.4. The molecule has 0 amide bonds. The Bertz CT molecular complexity index is 767. The van der Waals surface area contributed by atoms with E-state index in [0.29, 0.717) is 30.7 Å². The van der Waals surface area contributed by atoms with Crippen LogP contribution in [0.15, 0.2) is 36.4 Å². The summed E-state index contributed by atoms with van der Waals surface area (Å²) < 4.78 is 0. The van der Waals surface area contributed by atoms with Crippen molar-refractivity contribution in [2.45, 2.75) is 51.0 Å². The first-order valence-electron chi connectivity index (χ1n) is 9.23. The number of hydrogen-bond acceptors (Lipinski definition) is 3. The van der Waals surface area contributed by atoms with Crippen LogP contribution in [0.1, 0.15) is 44.6 Å². The summed E-state index contributed by atoms with van der Waals surface area (Å²) >= 11 is 5.95. The lowest BCUT2D eigenvalue weighted by molar-refractivity contribution is -0.164. The Kier molecular flexibility index (Phi) is 5.12. The zero-order valence-corrected chi connectivity index (χ0v) is 16.1. The van der Waals surface area contributed by atoms with Gasteiger partial charge in [-0.2, -0.15) is 0 Å². The van der Waals surface area contributed by atoms with Crippen molar-refractivity contribution in [2.24, 2.45) is 16.7 Å². The summed E-state index contributed by atoms with van der Waals surface area (Å²) in [4.78, 5) is 24.6. The predicted octanol–water partition coefficient (Wildman–Crippen LogP) is 3.93. The van der Waals surface area contributed by atoms with Crippen molar-refractivity contribution in [1.29, 1.82) is 0 Å². The Morgan fingerprint density at radius 1 is 1.11 bits per heavy atom. The van der Waals surface area contributed by atoms with E-state index in [9.17, 15) is 24.9 Å². The number of benzene rings is 1. The number of carboxylic acid groups (broad SMARTS) is 2. The van der Waals surface area contributed by atoms with Gasteiger partial charge in [-0.1, -0.05) is 35.9 Å². The van der Waals surface area contributed by atoms with E-state index >= 15 is 0 Å². The Labute approximate surface area is 163 Å². The number of rotatable bonds is 7. The highest BCUT2D eigenvalue weighted by atomic mass is 35.5. The molecule has 1 saturated carbocycles. The fraction of sp³-hybridized carbons (Fsp3) is 0.524. The Morgan fingerprint density at radius 3 is 2.26 bits per heavy atom. The van der Waals surface area contributed by atoms with Gasteiger partial charge >= 0.3 is 11.9 Å². The van der Waals surface area contributed by atoms with Gasteiger partial charge in [0.25, 0.3) is 0 Å². The SMILES string of the molecule is CC1(C(=O)O)CC=CC(CCC2(O)CC2)(C(=O)O)C1Cc1ccc(Cl)cc1. The van der Waals surface area contributed by atoms with Gasteiger partial charge in [-0.15, -0.1) is 0 Å². The molecule has 1 fully saturated rings. The molecule has 3 N–H and O–H groups in total. The van der Waals surface area contributed by atoms with Crippen LogP contribution in [0.5, 0.6) is 0 Å². The van der Waals surface area contributed by atoms with Crippen LogP contribution < -0.4 is 0 Å². The van der Waals surface area contributed by atoms with E-state index in [1.165, 1.54) is 0 Å². The number of hydrogen-bond donors (Lipinski definition) is 3. The van der Waals surface area contributed by atoms with Crippen molar-refractivity contribution in [3.05, 3.63) is 47.0 Å². The largest absolute Gasteiger partial charge is 0.481 e. The van der Waals surface area contributed by atoms with Gasteiger partial charge in [0, 0.05) is 5.02 Å². The fourth-order valence-electron chi connectivity index (χ4n) is 4.26. The first-order chi connectivity index (χ1) is 12.6. The number of carbonyl (C=O) groups is 2. The normalized spacial score (nSPS) is 31.4. The molecule has 0 aliphatic heterocycles. The molecule has 0 bridgehead atoms. The first kappa shape index (κ1) is 19.9. The molecule has 3 atom stereocenters. The highest BCUT2D eigenvalue weighted by Gasteiger charge is 2.57. The van der Waals surface area contributed by atoms with Gasteiger partial charge in [-0.05, 0) is 69.1 Å². The molecule has 1 aromatic rings. The molecule has 3 rings (SSSR count). The van der Waals surface area contributed by atoms with E-state index in [-0.39, 0.29) is 12.8 Å². The predicted molar refractivity (Wildman–Crippen MR) is 102 cm³/mol. The first-order valence-corrected chi connectivity index (χ1v) is 9.60. The maximum absolute atomic E-state index is 12.4. The van der Waals surface area contributed by atoms with Gasteiger partial charge in [-0.3, -0.25) is 9.59 Å². The van der Waals surface area contributed by atoms with Crippen LogP contribution >= 0.6 is 11.6 Å². The summed E-state index contributed by atoms with van der Waals surface area (Å²) in [6, 6.07) is 7.07. The minimum atomic E-state index is -1.33. The van der Waals surface area contributed by atoms with Gasteiger partial charge in [-0.25, -0.2) is 0 Å². The van der Waals surface area contributed by atoms with Crippen molar-refractivity contribution in [3.63, 3.8) is 0 Å². The second-order valence-corrected chi connectivity index (χ2v) is 8.72. The monoisotopic (exact) mass is 392 g/mol. The number of aliphatic hydroxyl groups is 1. The molecule has 0 radical (unpaired) electrons. The number of aliphatic carboxylic acids is 2. The van der Waals surface area contributed by atoms with E-state index in [4.69, 9.17) is 11.6 Å². The molecule has 0 saturated heterocycles. The summed E-state index contributed by atoms with van der Waals surface area (Å²) in [5.41, 5.74) is -2.48. The molecular formula is C21H25ClO5. The Hall–Kier alpha value is -1.85. The number of halogens is 1. The van der Waals surface area contributed by atoms with Crippen molar-refractivity contribution < 1.29 is 24.9 Å². The van der Waals surface area contributed by atoms with Gasteiger partial charge in [0.1, 0.15) is 0 Å². The van der Waals surface area contributed by atoms with Crippen LogP contribution in [0.4, 0.5) is 0 Å². The third kappa shape index (κ3) is 3.76. The quantitative estimate of drug-likeness (QED) is 0.611. The van der Waals surface area contributed by atoms with Gasteiger partial charge in [0.05, 0.1) is 16.4 Å². The van der Waals surface area contributed by atoms with Crippen LogP contribution in [0, 0.1) is 16.7 Å². The topological polar surface area (TPSA) is 94.8 Å². The molecule has 0 aromatic heterocycles. The van der Waals surface area contributed by atoms with Crippen molar-refractivity contribution in [3.8, 4) is 0 Å². The maximum Gasteiger partial charge on any atom is 0.313 e. The third-order valence-electron chi connectivity index (χ3n) is 6.42. The molecule has 0 spiro atoms. The highest BCUT2D eigenvalue weighted by molar-refractivity contribution is 6.30. The minimum absolute atomic E-state index is 0.219. The molecule has 2 aliphatic rings. The van der Waals surface area contributed by atoms with Crippen molar-refractivity contribution >= 4 is 23.5 Å². The lowest BCUT2D eigenvalue weighted by Crippen LogP contribution is -2.52. The molecule has 5 nitrogen and oxygen atoms in total. The summed E-state index contributed by atoms with van der Waals surface area (Å²) in [5, 5.41) is 30.9. The molecule has 3 unspecified atom stereocenters. The van der Waals surface area contributed by atoms with Crippen LogP contribution in [0.25, 0.3) is 0 Å². The van der Waals surface area contributed by atoms with E-state index in [0.717, 1.165) is 5.56 Å². The van der Waals surface area contributed by atoms with Crippen molar-refractivity contribution in [1.82, 2.24) is 0 Å². The lowest BCUT2D eigenvalue weighted by Gasteiger charge is -2.47. The average molecular weight is 393 g/mol. The van der Waals surface area contributed by atoms with Crippen LogP contribution in [0.2, 0.25) is 5.02 Å². The van der Waals surface area contributed by atoms with Crippen LogP contribution in [-0.2, 0) is 16.0 Å². The summed E-state index contributed by atoms with van der Waals surface area (Å²) in [6.07, 6.45) is 5.85. The van der Waals surface area contributed by atoms with E-state index in [1.54, 1.807) is 31.2 Å². The smallest absolute Gasteiger partial charge is 0.313 e. The van der Waals surface area contributed by atoms with Gasteiger partial charge in [0.2, 0.25) is 0 Å². The molecular weight excluding hydrogens is 368 g/mol. The zero-order chi connectivity index (χ0) is 19.9. The highest BCUT2D eigenvalue weighted by Crippen LogP contribution is 2.54. The lowest BCUT2D eigenvalue weighted by atomic mass is 9.54. The van der Waals surface area contributed by atoms with Gasteiger partial charge < -0.3 is 15.3 Å². The number of carboxylic acids is 2. The Balaban J connectivity index is 2.02. The summed E-state index contributed by atoms with van der Waals surface area (Å²) in [7, 11) is 0. The molecule has 6 heteroatoms. The number of allylic oxidation sites excluding steroid dienone is 1. The third-order valence-corrected chi connectivity index (χ3v) is 6.67. The standard InChI is InChI=1S/C21H25ClO5/c1-19(17(23)24)7-2-8-21(18(25)26,12-11-20(27)9-10-20)16(19)13-14-3-5-15(22)6-4-14/h2-6,8,16,27H,7,9-13H2,1H3,(H,23,24)(H,25,26). The van der Waals surface area contributed by atoms with Crippen LogP contribution in [-0.4, -0.2) is 32.9 Å². The Morgan fingerprint density at radius 2 is 1.74 bits per heavy atom. The zero-order valence-electron chi connectivity index (χ0n) is 15.3. The second-order valence-electron chi connectivity index (χ2n) is 8.28. The van der Waals surface area contributed by atoms with E-state index < -0.39 is 34.3 Å². The second kappa shape index (κ2) is 6.95. The summed E-state index contributed by atoms with van der Waals surface area (Å²) in [6.45, 7) is 1.63. The average Bonchev–Trinajstić information content (AvgIpc) is 3.35. The van der Waals surface area contributed by atoms with E-state index in [2.05, 4.69) is 0 Å². The summed E-state index contributed by atoms with van der Waals surface area (Å²) in [5.74, 6) is -2.68. The molecule has 2 aliphatic carbocycles.